The molecule has 0 aliphatic heterocycles. The third-order valence-electron chi connectivity index (χ3n) is 3.97. The van der Waals surface area contributed by atoms with Gasteiger partial charge in [0.05, 0.1) is 16.3 Å². The van der Waals surface area contributed by atoms with Crippen molar-refractivity contribution in [2.45, 2.75) is 26.6 Å². The molecule has 3 rings (SSSR count). The maximum atomic E-state index is 13.0. The number of fused-ring (bicyclic) bond motifs is 1. The highest BCUT2D eigenvalue weighted by atomic mass is 35.5. The summed E-state index contributed by atoms with van der Waals surface area (Å²) in [6.07, 6.45) is -3.74. The van der Waals surface area contributed by atoms with E-state index in [1.807, 2.05) is 31.2 Å². The summed E-state index contributed by atoms with van der Waals surface area (Å²) >= 11 is 5.93. The minimum absolute atomic E-state index is 0.0279. The zero-order valence-corrected chi connectivity index (χ0v) is 14.7. The second kappa shape index (κ2) is 6.64. The predicted molar refractivity (Wildman–Crippen MR) is 92.3 cm³/mol. The molecule has 2 aromatic heterocycles. The molecular formula is C18H15ClF3N3O. The van der Waals surface area contributed by atoms with Crippen molar-refractivity contribution in [3.63, 3.8) is 0 Å². The van der Waals surface area contributed by atoms with Crippen molar-refractivity contribution in [1.82, 2.24) is 14.7 Å². The fraction of sp³-hybridized carbons (Fsp3) is 0.222. The van der Waals surface area contributed by atoms with Crippen molar-refractivity contribution in [3.05, 3.63) is 69.6 Å². The van der Waals surface area contributed by atoms with Crippen LogP contribution in [0.5, 0.6) is 0 Å². The SMILES string of the molecule is Cc1ccc(CNC(=O)c2c(C)nc3c(Cl)cc(C(F)(F)F)cn23)cc1. The molecular weight excluding hydrogens is 367 g/mol. The number of nitrogens with zero attached hydrogens (tertiary/aromatic N) is 2. The van der Waals surface area contributed by atoms with Crippen LogP contribution in [0, 0.1) is 13.8 Å². The van der Waals surface area contributed by atoms with Gasteiger partial charge in [0.25, 0.3) is 5.91 Å². The summed E-state index contributed by atoms with van der Waals surface area (Å²) in [4.78, 5) is 16.7. The van der Waals surface area contributed by atoms with Gasteiger partial charge < -0.3 is 5.32 Å². The highest BCUT2D eigenvalue weighted by Crippen LogP contribution is 2.33. The molecule has 0 atom stereocenters. The van der Waals surface area contributed by atoms with Gasteiger partial charge in [-0.25, -0.2) is 4.98 Å². The molecule has 0 saturated carbocycles. The maximum absolute atomic E-state index is 13.0. The minimum Gasteiger partial charge on any atom is -0.347 e. The molecule has 2 heterocycles. The normalized spacial score (nSPS) is 11.8. The summed E-state index contributed by atoms with van der Waals surface area (Å²) in [5, 5.41) is 2.54. The number of halogens is 4. The van der Waals surface area contributed by atoms with E-state index in [-0.39, 0.29) is 22.9 Å². The third kappa shape index (κ3) is 3.53. The highest BCUT2D eigenvalue weighted by molar-refractivity contribution is 6.33. The summed E-state index contributed by atoms with van der Waals surface area (Å²) in [6.45, 7) is 3.75. The summed E-state index contributed by atoms with van der Waals surface area (Å²) < 4.78 is 40.2. The lowest BCUT2D eigenvalue weighted by Gasteiger charge is -2.10. The number of carbonyl (C=O) groups excluding carboxylic acids is 1. The van der Waals surface area contributed by atoms with Crippen molar-refractivity contribution < 1.29 is 18.0 Å². The molecule has 0 spiro atoms. The quantitative estimate of drug-likeness (QED) is 0.723. The number of imidazole rings is 1. The Balaban J connectivity index is 1.95. The Kier molecular flexibility index (Phi) is 4.66. The molecule has 3 aromatic rings. The molecule has 0 aliphatic rings. The molecule has 136 valence electrons. The first-order valence-electron chi connectivity index (χ1n) is 7.76. The molecule has 4 nitrogen and oxygen atoms in total. The maximum Gasteiger partial charge on any atom is 0.417 e. The van der Waals surface area contributed by atoms with E-state index in [0.29, 0.717) is 5.69 Å². The van der Waals surface area contributed by atoms with Gasteiger partial charge in [-0.05, 0) is 25.5 Å². The fourth-order valence-electron chi connectivity index (χ4n) is 2.62. The second-order valence-corrected chi connectivity index (χ2v) is 6.39. The zero-order chi connectivity index (χ0) is 19.1. The van der Waals surface area contributed by atoms with E-state index in [0.717, 1.165) is 27.8 Å². The Bertz CT molecular complexity index is 978. The topological polar surface area (TPSA) is 46.4 Å². The number of rotatable bonds is 3. The summed E-state index contributed by atoms with van der Waals surface area (Å²) in [5.41, 5.74) is 1.46. The third-order valence-corrected chi connectivity index (χ3v) is 4.24. The first-order valence-corrected chi connectivity index (χ1v) is 8.14. The fourth-order valence-corrected chi connectivity index (χ4v) is 2.87. The Morgan fingerprint density at radius 3 is 2.50 bits per heavy atom. The Hall–Kier alpha value is -2.54. The predicted octanol–water partition coefficient (Wildman–Crippen LogP) is 4.55. The first-order chi connectivity index (χ1) is 12.2. The number of benzene rings is 1. The molecule has 1 amide bonds. The zero-order valence-electron chi connectivity index (χ0n) is 14.0. The average molecular weight is 382 g/mol. The molecule has 1 N–H and O–H groups in total. The lowest BCUT2D eigenvalue weighted by Crippen LogP contribution is -2.25. The van der Waals surface area contributed by atoms with Crippen molar-refractivity contribution in [2.24, 2.45) is 0 Å². The van der Waals surface area contributed by atoms with E-state index in [1.54, 1.807) is 6.92 Å². The summed E-state index contributed by atoms with van der Waals surface area (Å²) in [5.74, 6) is -0.522. The molecule has 0 bridgehead atoms. The van der Waals surface area contributed by atoms with Crippen LogP contribution >= 0.6 is 11.6 Å². The van der Waals surface area contributed by atoms with Crippen molar-refractivity contribution in [1.29, 1.82) is 0 Å². The molecule has 0 unspecified atom stereocenters. The number of aryl methyl sites for hydroxylation is 2. The van der Waals surface area contributed by atoms with Gasteiger partial charge in [-0.2, -0.15) is 13.2 Å². The highest BCUT2D eigenvalue weighted by Gasteiger charge is 2.32. The molecule has 26 heavy (non-hydrogen) atoms. The van der Waals surface area contributed by atoms with Gasteiger partial charge in [0.15, 0.2) is 5.65 Å². The number of carbonyl (C=O) groups is 1. The van der Waals surface area contributed by atoms with E-state index in [9.17, 15) is 18.0 Å². The van der Waals surface area contributed by atoms with Crippen LogP contribution in [0.4, 0.5) is 13.2 Å². The lowest BCUT2D eigenvalue weighted by molar-refractivity contribution is -0.137. The average Bonchev–Trinajstić information content (AvgIpc) is 2.90. The van der Waals surface area contributed by atoms with Gasteiger partial charge in [0, 0.05) is 12.7 Å². The molecule has 8 heteroatoms. The van der Waals surface area contributed by atoms with Crippen molar-refractivity contribution in [3.8, 4) is 0 Å². The van der Waals surface area contributed by atoms with Gasteiger partial charge in [-0.3, -0.25) is 9.20 Å². The standard InChI is InChI=1S/C18H15ClF3N3O/c1-10-3-5-12(6-4-10)8-23-17(26)15-11(2)24-16-14(19)7-13(9-25(15)16)18(20,21)22/h3-7,9H,8H2,1-2H3,(H,23,26). The number of amides is 1. The second-order valence-electron chi connectivity index (χ2n) is 5.98. The molecule has 0 aliphatic carbocycles. The molecule has 0 saturated heterocycles. The van der Waals surface area contributed by atoms with Gasteiger partial charge in [0.1, 0.15) is 5.69 Å². The Morgan fingerprint density at radius 2 is 1.88 bits per heavy atom. The molecule has 1 aromatic carbocycles. The van der Waals surface area contributed by atoms with E-state index in [1.165, 1.54) is 0 Å². The number of pyridine rings is 1. The minimum atomic E-state index is -4.58. The number of nitrogens with one attached hydrogen (secondary N) is 1. The van der Waals surface area contributed by atoms with E-state index >= 15 is 0 Å². The first kappa shape index (κ1) is 18.3. The van der Waals surface area contributed by atoms with Crippen LogP contribution in [0.3, 0.4) is 0 Å². The number of hydrogen-bond acceptors (Lipinski definition) is 2. The number of hydrogen-bond donors (Lipinski definition) is 1. The van der Waals surface area contributed by atoms with Crippen LogP contribution in [0.1, 0.15) is 32.9 Å². The van der Waals surface area contributed by atoms with Gasteiger partial charge >= 0.3 is 6.18 Å². The van der Waals surface area contributed by atoms with Crippen LogP contribution < -0.4 is 5.32 Å². The van der Waals surface area contributed by atoms with Gasteiger partial charge in [-0.1, -0.05) is 41.4 Å². The monoisotopic (exact) mass is 381 g/mol. The van der Waals surface area contributed by atoms with Gasteiger partial charge in [-0.15, -0.1) is 0 Å². The Morgan fingerprint density at radius 1 is 1.23 bits per heavy atom. The largest absolute Gasteiger partial charge is 0.417 e. The van der Waals surface area contributed by atoms with Crippen LogP contribution in [0.25, 0.3) is 5.65 Å². The van der Waals surface area contributed by atoms with Crippen molar-refractivity contribution in [2.75, 3.05) is 0 Å². The van der Waals surface area contributed by atoms with Crippen LogP contribution in [-0.2, 0) is 12.7 Å². The van der Waals surface area contributed by atoms with Crippen LogP contribution in [0.15, 0.2) is 36.5 Å². The van der Waals surface area contributed by atoms with Crippen LogP contribution in [0.2, 0.25) is 5.02 Å². The summed E-state index contributed by atoms with van der Waals surface area (Å²) in [7, 11) is 0. The smallest absolute Gasteiger partial charge is 0.347 e. The van der Waals surface area contributed by atoms with Crippen LogP contribution in [-0.4, -0.2) is 15.3 Å². The van der Waals surface area contributed by atoms with E-state index in [2.05, 4.69) is 10.3 Å². The van der Waals surface area contributed by atoms with Gasteiger partial charge in [0.2, 0.25) is 0 Å². The van der Waals surface area contributed by atoms with E-state index < -0.39 is 17.6 Å². The van der Waals surface area contributed by atoms with Crippen molar-refractivity contribution >= 4 is 23.2 Å². The number of aromatic nitrogens is 2. The summed E-state index contributed by atoms with van der Waals surface area (Å²) in [6, 6.07) is 8.37. The van der Waals surface area contributed by atoms with E-state index in [4.69, 9.17) is 11.6 Å². The lowest BCUT2D eigenvalue weighted by atomic mass is 10.1. The molecule has 0 fully saturated rings. The number of alkyl halides is 3. The Labute approximate surface area is 152 Å². The molecule has 0 radical (unpaired) electrons.